The quantitative estimate of drug-likeness (QED) is 0.803. The summed E-state index contributed by atoms with van der Waals surface area (Å²) >= 11 is 1.92. The summed E-state index contributed by atoms with van der Waals surface area (Å²) < 4.78 is 5.33. The SMILES string of the molecule is O=C(NC1CCN(CCSc2ccccc2)CC1)C1CCOCC1. The van der Waals surface area contributed by atoms with E-state index in [2.05, 4.69) is 40.5 Å². The molecule has 1 N–H and O–H groups in total. The van der Waals surface area contributed by atoms with Gasteiger partial charge in [-0.15, -0.1) is 11.8 Å². The van der Waals surface area contributed by atoms with Gasteiger partial charge < -0.3 is 15.0 Å². The third-order valence-electron chi connectivity index (χ3n) is 4.95. The summed E-state index contributed by atoms with van der Waals surface area (Å²) in [6.45, 7) is 4.77. The number of benzene rings is 1. The third kappa shape index (κ3) is 5.50. The van der Waals surface area contributed by atoms with Gasteiger partial charge in [0.15, 0.2) is 0 Å². The number of piperidine rings is 1. The predicted octanol–water partition coefficient (Wildman–Crippen LogP) is 2.79. The van der Waals surface area contributed by atoms with Crippen molar-refractivity contribution in [3.63, 3.8) is 0 Å². The molecular formula is C19H28N2O2S. The fourth-order valence-corrected chi connectivity index (χ4v) is 4.32. The van der Waals surface area contributed by atoms with Gasteiger partial charge in [-0.05, 0) is 37.8 Å². The molecule has 24 heavy (non-hydrogen) atoms. The highest BCUT2D eigenvalue weighted by molar-refractivity contribution is 7.99. The van der Waals surface area contributed by atoms with Crippen molar-refractivity contribution in [2.45, 2.75) is 36.6 Å². The Labute approximate surface area is 149 Å². The summed E-state index contributed by atoms with van der Waals surface area (Å²) in [6.07, 6.45) is 3.90. The maximum atomic E-state index is 12.3. The Bertz CT molecular complexity index is 497. The fourth-order valence-electron chi connectivity index (χ4n) is 3.39. The van der Waals surface area contributed by atoms with Gasteiger partial charge in [-0.2, -0.15) is 0 Å². The average Bonchev–Trinajstić information content (AvgIpc) is 2.65. The number of carbonyl (C=O) groups excluding carboxylic acids is 1. The van der Waals surface area contributed by atoms with E-state index >= 15 is 0 Å². The second kappa shape index (κ2) is 9.44. The van der Waals surface area contributed by atoms with Crippen LogP contribution in [0.25, 0.3) is 0 Å². The Morgan fingerprint density at radius 2 is 1.83 bits per heavy atom. The minimum atomic E-state index is 0.166. The van der Waals surface area contributed by atoms with E-state index in [4.69, 9.17) is 4.74 Å². The molecule has 5 heteroatoms. The van der Waals surface area contributed by atoms with Crippen LogP contribution in [0.2, 0.25) is 0 Å². The molecule has 0 radical (unpaired) electrons. The van der Waals surface area contributed by atoms with Gasteiger partial charge in [-0.3, -0.25) is 4.79 Å². The van der Waals surface area contributed by atoms with Crippen LogP contribution in [0.4, 0.5) is 0 Å². The number of rotatable bonds is 6. The van der Waals surface area contributed by atoms with Gasteiger partial charge in [0.25, 0.3) is 0 Å². The number of hydrogen-bond acceptors (Lipinski definition) is 4. The number of ether oxygens (including phenoxy) is 1. The van der Waals surface area contributed by atoms with Gasteiger partial charge in [0.2, 0.25) is 5.91 Å². The van der Waals surface area contributed by atoms with Crippen molar-refractivity contribution in [1.82, 2.24) is 10.2 Å². The normalized spacial score (nSPS) is 20.8. The first kappa shape index (κ1) is 17.8. The van der Waals surface area contributed by atoms with Crippen LogP contribution >= 0.6 is 11.8 Å². The number of likely N-dealkylation sites (tertiary alicyclic amines) is 1. The predicted molar refractivity (Wildman–Crippen MR) is 98.3 cm³/mol. The summed E-state index contributed by atoms with van der Waals surface area (Å²) in [4.78, 5) is 16.2. The Hall–Kier alpha value is -1.04. The Balaban J connectivity index is 1.31. The van der Waals surface area contributed by atoms with Crippen molar-refractivity contribution in [2.24, 2.45) is 5.92 Å². The first-order chi connectivity index (χ1) is 11.8. The first-order valence-electron chi connectivity index (χ1n) is 9.09. The van der Waals surface area contributed by atoms with Crippen LogP contribution in [0.15, 0.2) is 35.2 Å². The lowest BCUT2D eigenvalue weighted by molar-refractivity contribution is -0.128. The van der Waals surface area contributed by atoms with Gasteiger partial charge in [0, 0.05) is 55.5 Å². The third-order valence-corrected chi connectivity index (χ3v) is 5.94. The molecule has 1 aromatic rings. The zero-order valence-corrected chi connectivity index (χ0v) is 15.1. The first-order valence-corrected chi connectivity index (χ1v) is 10.1. The second-order valence-corrected chi connectivity index (χ2v) is 7.84. The van der Waals surface area contributed by atoms with Crippen molar-refractivity contribution >= 4 is 17.7 Å². The van der Waals surface area contributed by atoms with Crippen molar-refractivity contribution < 1.29 is 9.53 Å². The van der Waals surface area contributed by atoms with Crippen LogP contribution in [-0.4, -0.2) is 55.4 Å². The molecule has 2 aliphatic rings. The van der Waals surface area contributed by atoms with E-state index in [1.807, 2.05) is 11.8 Å². The fraction of sp³-hybridized carbons (Fsp3) is 0.632. The number of carbonyl (C=O) groups is 1. The molecule has 0 bridgehead atoms. The number of amides is 1. The molecule has 132 valence electrons. The lowest BCUT2D eigenvalue weighted by Crippen LogP contribution is -2.47. The van der Waals surface area contributed by atoms with E-state index in [1.54, 1.807) is 0 Å². The highest BCUT2D eigenvalue weighted by atomic mass is 32.2. The van der Waals surface area contributed by atoms with E-state index < -0.39 is 0 Å². The van der Waals surface area contributed by atoms with Crippen LogP contribution in [0.3, 0.4) is 0 Å². The van der Waals surface area contributed by atoms with Crippen LogP contribution in [0.1, 0.15) is 25.7 Å². The smallest absolute Gasteiger partial charge is 0.223 e. The molecule has 2 saturated heterocycles. The van der Waals surface area contributed by atoms with Crippen molar-refractivity contribution in [3.05, 3.63) is 30.3 Å². The van der Waals surface area contributed by atoms with Crippen molar-refractivity contribution in [3.8, 4) is 0 Å². The zero-order chi connectivity index (χ0) is 16.6. The molecule has 0 aliphatic carbocycles. The van der Waals surface area contributed by atoms with E-state index in [1.165, 1.54) is 4.90 Å². The van der Waals surface area contributed by atoms with Gasteiger partial charge in [0.05, 0.1) is 0 Å². The summed E-state index contributed by atoms with van der Waals surface area (Å²) in [7, 11) is 0. The molecular weight excluding hydrogens is 320 g/mol. The zero-order valence-electron chi connectivity index (χ0n) is 14.3. The van der Waals surface area contributed by atoms with E-state index in [9.17, 15) is 4.79 Å². The Kier molecular flexibility index (Phi) is 6.99. The summed E-state index contributed by atoms with van der Waals surface area (Å²) in [5, 5.41) is 3.26. The molecule has 3 rings (SSSR count). The number of hydrogen-bond donors (Lipinski definition) is 1. The molecule has 0 saturated carbocycles. The highest BCUT2D eigenvalue weighted by Crippen LogP contribution is 2.19. The van der Waals surface area contributed by atoms with Crippen molar-refractivity contribution in [2.75, 3.05) is 38.6 Å². The Morgan fingerprint density at radius 1 is 1.12 bits per heavy atom. The van der Waals surface area contributed by atoms with Crippen LogP contribution in [0.5, 0.6) is 0 Å². The second-order valence-electron chi connectivity index (χ2n) is 6.67. The van der Waals surface area contributed by atoms with E-state index in [0.29, 0.717) is 6.04 Å². The molecule has 4 nitrogen and oxygen atoms in total. The maximum Gasteiger partial charge on any atom is 0.223 e. The summed E-state index contributed by atoms with van der Waals surface area (Å²) in [5.74, 6) is 1.54. The largest absolute Gasteiger partial charge is 0.381 e. The minimum absolute atomic E-state index is 0.166. The summed E-state index contributed by atoms with van der Waals surface area (Å²) in [5.41, 5.74) is 0. The lowest BCUT2D eigenvalue weighted by Gasteiger charge is -2.33. The molecule has 2 aliphatic heterocycles. The molecule has 1 amide bonds. The molecule has 1 aromatic carbocycles. The monoisotopic (exact) mass is 348 g/mol. The van der Waals surface area contributed by atoms with Gasteiger partial charge in [-0.1, -0.05) is 18.2 Å². The molecule has 0 unspecified atom stereocenters. The van der Waals surface area contributed by atoms with Gasteiger partial charge in [-0.25, -0.2) is 0 Å². The van der Waals surface area contributed by atoms with E-state index in [-0.39, 0.29) is 11.8 Å². The highest BCUT2D eigenvalue weighted by Gasteiger charge is 2.25. The standard InChI is InChI=1S/C19H28N2O2S/c22-19(16-8-13-23-14-9-16)20-17-6-10-21(11-7-17)12-15-24-18-4-2-1-3-5-18/h1-5,16-17H,6-15H2,(H,20,22). The van der Waals surface area contributed by atoms with Gasteiger partial charge in [0.1, 0.15) is 0 Å². The topological polar surface area (TPSA) is 41.6 Å². The van der Waals surface area contributed by atoms with E-state index in [0.717, 1.165) is 64.3 Å². The molecule has 0 aromatic heterocycles. The van der Waals surface area contributed by atoms with Crippen LogP contribution in [-0.2, 0) is 9.53 Å². The molecule has 2 heterocycles. The minimum Gasteiger partial charge on any atom is -0.381 e. The lowest BCUT2D eigenvalue weighted by atomic mass is 9.97. The van der Waals surface area contributed by atoms with Crippen molar-refractivity contribution in [1.29, 1.82) is 0 Å². The Morgan fingerprint density at radius 3 is 2.54 bits per heavy atom. The number of nitrogens with zero attached hydrogens (tertiary/aromatic N) is 1. The molecule has 0 spiro atoms. The molecule has 2 fully saturated rings. The van der Waals surface area contributed by atoms with Gasteiger partial charge >= 0.3 is 0 Å². The number of nitrogens with one attached hydrogen (secondary N) is 1. The van der Waals surface area contributed by atoms with Crippen LogP contribution < -0.4 is 5.32 Å². The van der Waals surface area contributed by atoms with Crippen LogP contribution in [0, 0.1) is 5.92 Å². The average molecular weight is 349 g/mol. The maximum absolute atomic E-state index is 12.3. The summed E-state index contributed by atoms with van der Waals surface area (Å²) in [6, 6.07) is 10.9. The molecule has 0 atom stereocenters. The number of thioether (sulfide) groups is 1.